The zero-order valence-corrected chi connectivity index (χ0v) is 23.5. The fraction of sp³-hybridized carbons (Fsp3) is 0.448. The van der Waals surface area contributed by atoms with Crippen LogP contribution in [0.15, 0.2) is 48.5 Å². The van der Waals surface area contributed by atoms with Crippen LogP contribution in [0.2, 0.25) is 10.0 Å². The van der Waals surface area contributed by atoms with Crippen LogP contribution in [0.4, 0.5) is 0 Å². The maximum absolute atomic E-state index is 13.7. The molecule has 2 heterocycles. The largest absolute Gasteiger partial charge is 0.350 e. The van der Waals surface area contributed by atoms with Crippen molar-refractivity contribution in [3.05, 3.63) is 69.7 Å². The number of nitrogens with one attached hydrogen (secondary N) is 2. The molecule has 2 aliphatic heterocycles. The highest BCUT2D eigenvalue weighted by molar-refractivity contribution is 6.42. The van der Waals surface area contributed by atoms with Crippen molar-refractivity contribution >= 4 is 46.8 Å². The molecule has 208 valence electrons. The Labute approximate surface area is 239 Å². The van der Waals surface area contributed by atoms with E-state index in [1.165, 1.54) is 16.5 Å². The van der Waals surface area contributed by atoms with Gasteiger partial charge in [0.15, 0.2) is 0 Å². The highest BCUT2D eigenvalue weighted by Gasteiger charge is 2.35. The molecule has 2 aromatic rings. The molecule has 0 bridgehead atoms. The Morgan fingerprint density at radius 2 is 1.77 bits per heavy atom. The molecular weight excluding hydrogens is 539 g/mol. The van der Waals surface area contributed by atoms with E-state index in [1.807, 2.05) is 23.1 Å². The third kappa shape index (κ3) is 7.38. The number of carbonyl (C=O) groups is 4. The lowest BCUT2D eigenvalue weighted by Crippen LogP contribution is -2.50. The lowest BCUT2D eigenvalue weighted by molar-refractivity contribution is -0.140. The molecule has 0 aromatic heterocycles. The first-order valence-electron chi connectivity index (χ1n) is 13.4. The highest BCUT2D eigenvalue weighted by Crippen LogP contribution is 2.24. The van der Waals surface area contributed by atoms with E-state index in [0.29, 0.717) is 48.1 Å². The summed E-state index contributed by atoms with van der Waals surface area (Å²) >= 11 is 12.0. The Kier molecular flexibility index (Phi) is 9.99. The molecule has 0 spiro atoms. The van der Waals surface area contributed by atoms with Gasteiger partial charge >= 0.3 is 0 Å². The van der Waals surface area contributed by atoms with Crippen LogP contribution in [-0.2, 0) is 14.4 Å². The summed E-state index contributed by atoms with van der Waals surface area (Å²) in [7, 11) is 0. The molecule has 0 aliphatic carbocycles. The van der Waals surface area contributed by atoms with Gasteiger partial charge in [0.1, 0.15) is 0 Å². The third-order valence-electron chi connectivity index (χ3n) is 7.49. The number of likely N-dealkylation sites (tertiary alicyclic amines) is 1. The summed E-state index contributed by atoms with van der Waals surface area (Å²) in [6.07, 6.45) is 2.26. The minimum absolute atomic E-state index is 0.0539. The Morgan fingerprint density at radius 3 is 2.44 bits per heavy atom. The first kappa shape index (κ1) is 29.1. The van der Waals surface area contributed by atoms with Crippen molar-refractivity contribution in [1.82, 2.24) is 20.4 Å². The SMILES string of the molecule is CC[C@H](CN1CC[C@H](CNC(=O)c2ccc(Cl)c(Cl)c2)N[C@H](CCN2C(=O)CCC2=O)C1=O)c1ccccc1. The van der Waals surface area contributed by atoms with Gasteiger partial charge < -0.3 is 15.5 Å². The molecule has 8 nitrogen and oxygen atoms in total. The van der Waals surface area contributed by atoms with E-state index in [2.05, 4.69) is 29.7 Å². The normalized spacial score (nSPS) is 20.7. The van der Waals surface area contributed by atoms with Crippen molar-refractivity contribution in [2.45, 2.75) is 57.0 Å². The van der Waals surface area contributed by atoms with Crippen LogP contribution in [0.25, 0.3) is 0 Å². The molecule has 4 amide bonds. The summed E-state index contributed by atoms with van der Waals surface area (Å²) in [4.78, 5) is 53.9. The van der Waals surface area contributed by atoms with Crippen LogP contribution in [-0.4, -0.2) is 71.7 Å². The van der Waals surface area contributed by atoms with E-state index in [4.69, 9.17) is 23.2 Å². The summed E-state index contributed by atoms with van der Waals surface area (Å²) in [5.41, 5.74) is 1.58. The molecule has 2 fully saturated rings. The zero-order chi connectivity index (χ0) is 27.9. The van der Waals surface area contributed by atoms with Gasteiger partial charge in [0, 0.05) is 56.5 Å². The van der Waals surface area contributed by atoms with Gasteiger partial charge in [0.25, 0.3) is 5.91 Å². The Balaban J connectivity index is 1.46. The Hall–Kier alpha value is -2.94. The number of benzene rings is 2. The summed E-state index contributed by atoms with van der Waals surface area (Å²) in [6.45, 7) is 3.70. The lowest BCUT2D eigenvalue weighted by Gasteiger charge is -2.29. The molecule has 2 saturated heterocycles. The van der Waals surface area contributed by atoms with Crippen LogP contribution in [0.3, 0.4) is 0 Å². The van der Waals surface area contributed by atoms with Crippen molar-refractivity contribution < 1.29 is 19.2 Å². The van der Waals surface area contributed by atoms with Crippen LogP contribution in [0.1, 0.15) is 60.9 Å². The van der Waals surface area contributed by atoms with Crippen molar-refractivity contribution in [3.63, 3.8) is 0 Å². The maximum Gasteiger partial charge on any atom is 0.251 e. The molecule has 4 rings (SSSR count). The fourth-order valence-electron chi connectivity index (χ4n) is 5.18. The van der Waals surface area contributed by atoms with E-state index in [0.717, 1.165) is 6.42 Å². The molecular formula is C29H34Cl2N4O4. The number of carbonyl (C=O) groups excluding carboxylic acids is 4. The maximum atomic E-state index is 13.7. The van der Waals surface area contributed by atoms with Crippen LogP contribution >= 0.6 is 23.2 Å². The first-order chi connectivity index (χ1) is 18.8. The lowest BCUT2D eigenvalue weighted by atomic mass is 9.95. The molecule has 0 saturated carbocycles. The van der Waals surface area contributed by atoms with Gasteiger partial charge in [-0.3, -0.25) is 24.1 Å². The average Bonchev–Trinajstić information content (AvgIpc) is 3.18. The van der Waals surface area contributed by atoms with E-state index < -0.39 is 6.04 Å². The summed E-state index contributed by atoms with van der Waals surface area (Å²) < 4.78 is 0. The number of imide groups is 1. The second kappa shape index (κ2) is 13.4. The molecule has 0 unspecified atom stereocenters. The van der Waals surface area contributed by atoms with Gasteiger partial charge in [0.05, 0.1) is 16.1 Å². The van der Waals surface area contributed by atoms with Crippen LogP contribution in [0.5, 0.6) is 0 Å². The van der Waals surface area contributed by atoms with Crippen molar-refractivity contribution in [2.24, 2.45) is 0 Å². The average molecular weight is 574 g/mol. The van der Waals surface area contributed by atoms with Crippen LogP contribution in [0, 0.1) is 0 Å². The number of amides is 4. The molecule has 39 heavy (non-hydrogen) atoms. The molecule has 2 aromatic carbocycles. The van der Waals surface area contributed by atoms with Crippen molar-refractivity contribution in [2.75, 3.05) is 26.2 Å². The quantitative estimate of drug-likeness (QED) is 0.419. The fourth-order valence-corrected chi connectivity index (χ4v) is 5.48. The third-order valence-corrected chi connectivity index (χ3v) is 8.22. The van der Waals surface area contributed by atoms with Crippen molar-refractivity contribution in [1.29, 1.82) is 0 Å². The number of hydrogen-bond acceptors (Lipinski definition) is 5. The minimum atomic E-state index is -0.589. The van der Waals surface area contributed by atoms with Gasteiger partial charge in [0.2, 0.25) is 17.7 Å². The van der Waals surface area contributed by atoms with E-state index >= 15 is 0 Å². The van der Waals surface area contributed by atoms with E-state index in [-0.39, 0.29) is 55.0 Å². The number of halogens is 2. The Morgan fingerprint density at radius 1 is 1.05 bits per heavy atom. The van der Waals surface area contributed by atoms with Gasteiger partial charge in [-0.2, -0.15) is 0 Å². The standard InChI is InChI=1S/C29H34Cl2N4O4/c1-2-19(20-6-4-3-5-7-20)18-34-14-12-22(17-32-28(38)21-8-9-23(30)24(31)16-21)33-25(29(34)39)13-15-35-26(36)10-11-27(35)37/h3-9,16,19,22,25,33H,2,10-15,17-18H2,1H3,(H,32,38)/t19-,22-,25-/m1/s1. The van der Waals surface area contributed by atoms with E-state index in [9.17, 15) is 19.2 Å². The zero-order valence-electron chi connectivity index (χ0n) is 22.0. The smallest absolute Gasteiger partial charge is 0.251 e. The Bertz CT molecular complexity index is 1190. The predicted octanol–water partition coefficient (Wildman–Crippen LogP) is 4.02. The first-order valence-corrected chi connectivity index (χ1v) is 14.2. The number of hydrogen-bond donors (Lipinski definition) is 2. The number of nitrogens with zero attached hydrogens (tertiary/aromatic N) is 2. The van der Waals surface area contributed by atoms with Crippen LogP contribution < -0.4 is 10.6 Å². The van der Waals surface area contributed by atoms with E-state index in [1.54, 1.807) is 12.1 Å². The monoisotopic (exact) mass is 572 g/mol. The second-order valence-corrected chi connectivity index (χ2v) is 10.9. The summed E-state index contributed by atoms with van der Waals surface area (Å²) in [6, 6.07) is 14.1. The molecule has 2 aliphatic rings. The predicted molar refractivity (Wildman–Crippen MR) is 151 cm³/mol. The van der Waals surface area contributed by atoms with Crippen molar-refractivity contribution in [3.8, 4) is 0 Å². The van der Waals surface area contributed by atoms with Gasteiger partial charge in [-0.05, 0) is 43.0 Å². The van der Waals surface area contributed by atoms with Gasteiger partial charge in [-0.1, -0.05) is 60.5 Å². The molecule has 3 atom stereocenters. The number of rotatable bonds is 10. The molecule has 10 heteroatoms. The topological polar surface area (TPSA) is 98.8 Å². The second-order valence-electron chi connectivity index (χ2n) is 10.1. The highest BCUT2D eigenvalue weighted by atomic mass is 35.5. The summed E-state index contributed by atoms with van der Waals surface area (Å²) in [5.74, 6) is -0.551. The van der Waals surface area contributed by atoms with Gasteiger partial charge in [-0.25, -0.2) is 0 Å². The summed E-state index contributed by atoms with van der Waals surface area (Å²) in [5, 5.41) is 7.01. The van der Waals surface area contributed by atoms with Gasteiger partial charge in [-0.15, -0.1) is 0 Å². The minimum Gasteiger partial charge on any atom is -0.350 e. The molecule has 2 N–H and O–H groups in total. The molecule has 0 radical (unpaired) electrons.